The van der Waals surface area contributed by atoms with Crippen molar-refractivity contribution < 1.29 is 4.74 Å². The van der Waals surface area contributed by atoms with Gasteiger partial charge in [0.25, 0.3) is 0 Å². The third-order valence-corrected chi connectivity index (χ3v) is 2.83. The van der Waals surface area contributed by atoms with Crippen molar-refractivity contribution in [2.24, 2.45) is 0 Å². The quantitative estimate of drug-likeness (QED) is 0.869. The van der Waals surface area contributed by atoms with Crippen molar-refractivity contribution >= 4 is 17.3 Å². The SMILES string of the molecule is CCCOc1cc(C)nc(NCc2cscn2)n1. The maximum Gasteiger partial charge on any atom is 0.226 e. The van der Waals surface area contributed by atoms with Crippen molar-refractivity contribution in [1.29, 1.82) is 0 Å². The number of aromatic nitrogens is 3. The highest BCUT2D eigenvalue weighted by molar-refractivity contribution is 7.07. The predicted octanol–water partition coefficient (Wildman–Crippen LogP) is 2.64. The van der Waals surface area contributed by atoms with E-state index in [0.717, 1.165) is 17.8 Å². The molecule has 5 nitrogen and oxygen atoms in total. The molecular weight excluding hydrogens is 248 g/mol. The lowest BCUT2D eigenvalue weighted by Crippen LogP contribution is -2.06. The Morgan fingerprint density at radius 3 is 3.00 bits per heavy atom. The molecule has 0 saturated heterocycles. The molecule has 2 aromatic rings. The lowest BCUT2D eigenvalue weighted by Gasteiger charge is -2.08. The number of hydrogen-bond donors (Lipinski definition) is 1. The molecule has 1 N–H and O–H groups in total. The molecular formula is C12H16N4OS. The number of ether oxygens (including phenoxy) is 1. The van der Waals surface area contributed by atoms with Crippen LogP contribution in [0.3, 0.4) is 0 Å². The molecule has 96 valence electrons. The maximum absolute atomic E-state index is 5.51. The molecule has 0 fully saturated rings. The van der Waals surface area contributed by atoms with Crippen LogP contribution in [0.2, 0.25) is 0 Å². The first-order chi connectivity index (χ1) is 8.78. The number of hydrogen-bond acceptors (Lipinski definition) is 6. The van der Waals surface area contributed by atoms with Gasteiger partial charge in [-0.1, -0.05) is 6.92 Å². The molecule has 18 heavy (non-hydrogen) atoms. The van der Waals surface area contributed by atoms with Gasteiger partial charge in [0.2, 0.25) is 11.8 Å². The Kier molecular flexibility index (Phi) is 4.46. The van der Waals surface area contributed by atoms with E-state index in [0.29, 0.717) is 25.0 Å². The van der Waals surface area contributed by atoms with Crippen LogP contribution in [0.4, 0.5) is 5.95 Å². The second-order valence-electron chi connectivity index (χ2n) is 3.85. The summed E-state index contributed by atoms with van der Waals surface area (Å²) in [5.74, 6) is 1.19. The van der Waals surface area contributed by atoms with Crippen LogP contribution in [-0.4, -0.2) is 21.6 Å². The molecule has 2 rings (SSSR count). The average molecular weight is 264 g/mol. The molecule has 0 bridgehead atoms. The monoisotopic (exact) mass is 264 g/mol. The number of thiazole rings is 1. The Balaban J connectivity index is 2.00. The molecule has 0 aliphatic rings. The summed E-state index contributed by atoms with van der Waals surface area (Å²) in [6.07, 6.45) is 0.963. The van der Waals surface area contributed by atoms with Crippen LogP contribution in [0.15, 0.2) is 17.0 Å². The molecule has 0 amide bonds. The van der Waals surface area contributed by atoms with Crippen molar-refractivity contribution in [2.75, 3.05) is 11.9 Å². The van der Waals surface area contributed by atoms with E-state index in [1.807, 2.05) is 23.9 Å². The van der Waals surface area contributed by atoms with Crippen molar-refractivity contribution in [2.45, 2.75) is 26.8 Å². The van der Waals surface area contributed by atoms with Crippen LogP contribution in [0.25, 0.3) is 0 Å². The zero-order valence-electron chi connectivity index (χ0n) is 10.5. The van der Waals surface area contributed by atoms with Crippen molar-refractivity contribution in [3.8, 4) is 5.88 Å². The first-order valence-electron chi connectivity index (χ1n) is 5.87. The molecule has 0 aromatic carbocycles. The Labute approximate surface area is 110 Å². The molecule has 0 unspecified atom stereocenters. The molecule has 0 saturated carbocycles. The zero-order valence-corrected chi connectivity index (χ0v) is 11.3. The third-order valence-electron chi connectivity index (χ3n) is 2.20. The third kappa shape index (κ3) is 3.66. The van der Waals surface area contributed by atoms with E-state index in [1.54, 1.807) is 11.3 Å². The highest BCUT2D eigenvalue weighted by Gasteiger charge is 2.03. The van der Waals surface area contributed by atoms with Crippen LogP contribution in [-0.2, 0) is 6.54 Å². The molecule has 0 spiro atoms. The first-order valence-corrected chi connectivity index (χ1v) is 6.81. The second-order valence-corrected chi connectivity index (χ2v) is 4.57. The van der Waals surface area contributed by atoms with Crippen molar-refractivity contribution in [3.05, 3.63) is 28.3 Å². The topological polar surface area (TPSA) is 59.9 Å². The van der Waals surface area contributed by atoms with E-state index < -0.39 is 0 Å². The van der Waals surface area contributed by atoms with Crippen molar-refractivity contribution in [3.63, 3.8) is 0 Å². The van der Waals surface area contributed by atoms with E-state index in [-0.39, 0.29) is 0 Å². The lowest BCUT2D eigenvalue weighted by molar-refractivity contribution is 0.305. The van der Waals surface area contributed by atoms with Crippen LogP contribution in [0.1, 0.15) is 24.7 Å². The van der Waals surface area contributed by atoms with Crippen LogP contribution in [0, 0.1) is 6.92 Å². The van der Waals surface area contributed by atoms with Gasteiger partial charge in [0.05, 0.1) is 24.4 Å². The number of rotatable bonds is 6. The Bertz CT molecular complexity index is 487. The van der Waals surface area contributed by atoms with E-state index in [4.69, 9.17) is 4.74 Å². The van der Waals surface area contributed by atoms with Gasteiger partial charge >= 0.3 is 0 Å². The molecule has 2 aromatic heterocycles. The summed E-state index contributed by atoms with van der Waals surface area (Å²) in [4.78, 5) is 12.8. The summed E-state index contributed by atoms with van der Waals surface area (Å²) in [6, 6.07) is 1.84. The van der Waals surface area contributed by atoms with Crippen LogP contribution in [0.5, 0.6) is 5.88 Å². The molecule has 6 heteroatoms. The number of aryl methyl sites for hydroxylation is 1. The predicted molar refractivity (Wildman–Crippen MR) is 72.0 cm³/mol. The van der Waals surface area contributed by atoms with E-state index in [2.05, 4.69) is 27.2 Å². The molecule has 0 aliphatic heterocycles. The molecule has 0 radical (unpaired) electrons. The second kappa shape index (κ2) is 6.30. The van der Waals surface area contributed by atoms with Crippen LogP contribution < -0.4 is 10.1 Å². The number of anilines is 1. The van der Waals surface area contributed by atoms with Gasteiger partial charge in [0.1, 0.15) is 0 Å². The highest BCUT2D eigenvalue weighted by atomic mass is 32.1. The minimum atomic E-state index is 0.578. The summed E-state index contributed by atoms with van der Waals surface area (Å²) < 4.78 is 5.51. The molecule has 2 heterocycles. The van der Waals surface area contributed by atoms with Gasteiger partial charge in [-0.05, 0) is 13.3 Å². The molecule has 0 atom stereocenters. The highest BCUT2D eigenvalue weighted by Crippen LogP contribution is 2.13. The van der Waals surface area contributed by atoms with Crippen molar-refractivity contribution in [1.82, 2.24) is 15.0 Å². The number of nitrogens with zero attached hydrogens (tertiary/aromatic N) is 3. The van der Waals surface area contributed by atoms with Gasteiger partial charge in [-0.25, -0.2) is 9.97 Å². The summed E-state index contributed by atoms with van der Waals surface area (Å²) in [7, 11) is 0. The first kappa shape index (κ1) is 12.8. The average Bonchev–Trinajstić information content (AvgIpc) is 2.86. The minimum absolute atomic E-state index is 0.578. The van der Waals surface area contributed by atoms with Gasteiger partial charge < -0.3 is 10.1 Å². The standard InChI is InChI=1S/C12H16N4OS/c1-3-4-17-11-5-9(2)15-12(16-11)13-6-10-7-18-8-14-10/h5,7-8H,3-4,6H2,1-2H3,(H,13,15,16). The number of nitrogens with one attached hydrogen (secondary N) is 1. The zero-order chi connectivity index (χ0) is 12.8. The smallest absolute Gasteiger partial charge is 0.226 e. The maximum atomic E-state index is 5.51. The van der Waals surface area contributed by atoms with Crippen LogP contribution >= 0.6 is 11.3 Å². The lowest BCUT2D eigenvalue weighted by atomic mass is 10.4. The van der Waals surface area contributed by atoms with Gasteiger partial charge in [0.15, 0.2) is 0 Å². The Morgan fingerprint density at radius 2 is 2.28 bits per heavy atom. The van der Waals surface area contributed by atoms with Gasteiger partial charge in [-0.3, -0.25) is 0 Å². The van der Waals surface area contributed by atoms with Gasteiger partial charge in [0, 0.05) is 17.1 Å². The summed E-state index contributed by atoms with van der Waals surface area (Å²) in [5, 5.41) is 5.14. The van der Waals surface area contributed by atoms with E-state index in [1.165, 1.54) is 0 Å². The van der Waals surface area contributed by atoms with Gasteiger partial charge in [-0.15, -0.1) is 11.3 Å². The fraction of sp³-hybridized carbons (Fsp3) is 0.417. The normalized spacial score (nSPS) is 10.3. The largest absolute Gasteiger partial charge is 0.478 e. The minimum Gasteiger partial charge on any atom is -0.478 e. The van der Waals surface area contributed by atoms with E-state index in [9.17, 15) is 0 Å². The van der Waals surface area contributed by atoms with E-state index >= 15 is 0 Å². The van der Waals surface area contributed by atoms with Gasteiger partial charge in [-0.2, -0.15) is 4.98 Å². The summed E-state index contributed by atoms with van der Waals surface area (Å²) in [6.45, 7) is 5.28. The Morgan fingerprint density at radius 1 is 1.39 bits per heavy atom. The Hall–Kier alpha value is -1.69. The molecule has 0 aliphatic carbocycles. The fourth-order valence-corrected chi connectivity index (χ4v) is 1.95. The fourth-order valence-electron chi connectivity index (χ4n) is 1.39. The summed E-state index contributed by atoms with van der Waals surface area (Å²) in [5.41, 5.74) is 3.68. The summed E-state index contributed by atoms with van der Waals surface area (Å²) >= 11 is 1.58.